The van der Waals surface area contributed by atoms with Gasteiger partial charge in [0.15, 0.2) is 0 Å². The molecule has 4 nitrogen and oxygen atoms in total. The van der Waals surface area contributed by atoms with Gasteiger partial charge >= 0.3 is 0 Å². The van der Waals surface area contributed by atoms with E-state index in [4.69, 9.17) is 5.73 Å². The van der Waals surface area contributed by atoms with Crippen molar-refractivity contribution in [1.82, 2.24) is 4.90 Å². The molecule has 0 aliphatic carbocycles. The Morgan fingerprint density at radius 3 is 2.60 bits per heavy atom. The molecular formula is C6H10N2O2. The Balaban J connectivity index is 2.57. The second-order valence-electron chi connectivity index (χ2n) is 2.58. The molecule has 0 aromatic carbocycles. The molecule has 1 heterocycles. The summed E-state index contributed by atoms with van der Waals surface area (Å²) in [6.07, 6.45) is 0.284. The summed E-state index contributed by atoms with van der Waals surface area (Å²) in [5.41, 5.74) is 5.00. The Bertz CT molecular complexity index is 179. The Hall–Kier alpha value is -1.06. The van der Waals surface area contributed by atoms with E-state index in [1.54, 1.807) is 7.05 Å². The van der Waals surface area contributed by atoms with E-state index in [2.05, 4.69) is 0 Å². The van der Waals surface area contributed by atoms with Gasteiger partial charge in [-0.25, -0.2) is 0 Å². The first-order valence-corrected chi connectivity index (χ1v) is 3.14. The standard InChI is InChI=1S/C6H10N2O2/c1-8-3-4(6(7)10)2-5(8)9/h4H,2-3H2,1H3,(H2,7,10)/t4-/m1/s1. The van der Waals surface area contributed by atoms with Crippen molar-refractivity contribution in [3.63, 3.8) is 0 Å². The Morgan fingerprint density at radius 2 is 2.40 bits per heavy atom. The van der Waals surface area contributed by atoms with Gasteiger partial charge in [-0.2, -0.15) is 0 Å². The maximum atomic E-state index is 10.8. The number of likely N-dealkylation sites (tertiary alicyclic amines) is 1. The minimum absolute atomic E-state index is 0.00352. The molecule has 0 bridgehead atoms. The number of hydrogen-bond donors (Lipinski definition) is 1. The van der Waals surface area contributed by atoms with E-state index in [-0.39, 0.29) is 24.2 Å². The van der Waals surface area contributed by atoms with Crippen molar-refractivity contribution in [3.05, 3.63) is 0 Å². The van der Waals surface area contributed by atoms with Gasteiger partial charge in [0.2, 0.25) is 11.8 Å². The lowest BCUT2D eigenvalue weighted by Gasteiger charge is -2.05. The molecule has 2 amide bonds. The number of carbonyl (C=O) groups is 2. The first kappa shape index (κ1) is 7.05. The molecule has 0 unspecified atom stereocenters. The van der Waals surface area contributed by atoms with E-state index in [1.807, 2.05) is 0 Å². The molecule has 1 fully saturated rings. The quantitative estimate of drug-likeness (QED) is 0.507. The highest BCUT2D eigenvalue weighted by atomic mass is 16.2. The monoisotopic (exact) mass is 142 g/mol. The van der Waals surface area contributed by atoms with E-state index in [1.165, 1.54) is 4.90 Å². The molecule has 1 rings (SSSR count). The molecule has 0 saturated carbocycles. The summed E-state index contributed by atoms with van der Waals surface area (Å²) < 4.78 is 0. The fraction of sp³-hybridized carbons (Fsp3) is 0.667. The fourth-order valence-electron chi connectivity index (χ4n) is 1.05. The lowest BCUT2D eigenvalue weighted by Crippen LogP contribution is -2.25. The van der Waals surface area contributed by atoms with Gasteiger partial charge in [0.1, 0.15) is 0 Å². The zero-order chi connectivity index (χ0) is 7.72. The van der Waals surface area contributed by atoms with Crippen molar-refractivity contribution >= 4 is 11.8 Å². The van der Waals surface area contributed by atoms with Gasteiger partial charge in [0.25, 0.3) is 0 Å². The Morgan fingerprint density at radius 1 is 1.80 bits per heavy atom. The number of amides is 2. The third-order valence-corrected chi connectivity index (χ3v) is 1.74. The van der Waals surface area contributed by atoms with Crippen LogP contribution in [0.15, 0.2) is 0 Å². The van der Waals surface area contributed by atoms with E-state index in [9.17, 15) is 9.59 Å². The van der Waals surface area contributed by atoms with Crippen LogP contribution < -0.4 is 5.73 Å². The van der Waals surface area contributed by atoms with Gasteiger partial charge in [0.05, 0.1) is 5.92 Å². The van der Waals surface area contributed by atoms with Crippen LogP contribution in [0.4, 0.5) is 0 Å². The van der Waals surface area contributed by atoms with E-state index >= 15 is 0 Å². The van der Waals surface area contributed by atoms with Crippen molar-refractivity contribution in [3.8, 4) is 0 Å². The number of nitrogens with two attached hydrogens (primary N) is 1. The van der Waals surface area contributed by atoms with E-state index in [0.717, 1.165) is 0 Å². The number of primary amides is 1. The molecule has 0 aromatic rings. The number of rotatable bonds is 1. The maximum Gasteiger partial charge on any atom is 0.223 e. The third-order valence-electron chi connectivity index (χ3n) is 1.74. The molecule has 1 aliphatic heterocycles. The third kappa shape index (κ3) is 1.10. The van der Waals surface area contributed by atoms with Crippen LogP contribution in [-0.4, -0.2) is 30.3 Å². The van der Waals surface area contributed by atoms with Crippen LogP contribution in [-0.2, 0) is 9.59 Å². The summed E-state index contributed by atoms with van der Waals surface area (Å²) in [5, 5.41) is 0. The SMILES string of the molecule is CN1C[C@H](C(N)=O)CC1=O. The summed E-state index contributed by atoms with van der Waals surface area (Å²) >= 11 is 0. The molecule has 1 saturated heterocycles. The van der Waals surface area contributed by atoms with Crippen molar-refractivity contribution in [2.24, 2.45) is 11.7 Å². The van der Waals surface area contributed by atoms with Gasteiger partial charge in [-0.1, -0.05) is 0 Å². The largest absolute Gasteiger partial charge is 0.369 e. The van der Waals surface area contributed by atoms with E-state index in [0.29, 0.717) is 6.54 Å². The number of nitrogens with zero attached hydrogens (tertiary/aromatic N) is 1. The molecule has 10 heavy (non-hydrogen) atoms. The first-order chi connectivity index (χ1) is 4.61. The first-order valence-electron chi connectivity index (χ1n) is 3.14. The molecule has 2 N–H and O–H groups in total. The molecule has 0 radical (unpaired) electrons. The van der Waals surface area contributed by atoms with Gasteiger partial charge in [-0.05, 0) is 0 Å². The Kier molecular flexibility index (Phi) is 1.61. The van der Waals surface area contributed by atoms with E-state index < -0.39 is 0 Å². The molecule has 0 spiro atoms. The van der Waals surface area contributed by atoms with Crippen LogP contribution in [0.25, 0.3) is 0 Å². The molecule has 1 atom stereocenters. The van der Waals surface area contributed by atoms with Gasteiger partial charge in [-0.15, -0.1) is 0 Å². The number of carbonyl (C=O) groups excluding carboxylic acids is 2. The number of hydrogen-bond acceptors (Lipinski definition) is 2. The van der Waals surface area contributed by atoms with Crippen LogP contribution >= 0.6 is 0 Å². The zero-order valence-corrected chi connectivity index (χ0v) is 5.83. The summed E-state index contributed by atoms with van der Waals surface area (Å²) in [7, 11) is 1.67. The van der Waals surface area contributed by atoms with Gasteiger partial charge in [0, 0.05) is 20.0 Å². The topological polar surface area (TPSA) is 63.4 Å². The van der Waals surface area contributed by atoms with Crippen LogP contribution in [0.2, 0.25) is 0 Å². The van der Waals surface area contributed by atoms with Crippen molar-refractivity contribution in [1.29, 1.82) is 0 Å². The highest BCUT2D eigenvalue weighted by Gasteiger charge is 2.30. The maximum absolute atomic E-state index is 10.8. The van der Waals surface area contributed by atoms with Crippen molar-refractivity contribution in [2.75, 3.05) is 13.6 Å². The fourth-order valence-corrected chi connectivity index (χ4v) is 1.05. The summed E-state index contributed by atoms with van der Waals surface area (Å²) in [4.78, 5) is 22.9. The van der Waals surface area contributed by atoms with Crippen molar-refractivity contribution < 1.29 is 9.59 Å². The summed E-state index contributed by atoms with van der Waals surface area (Å²) in [5.74, 6) is -0.640. The smallest absolute Gasteiger partial charge is 0.223 e. The lowest BCUT2D eigenvalue weighted by atomic mass is 10.1. The summed E-state index contributed by atoms with van der Waals surface area (Å²) in [6, 6.07) is 0. The average molecular weight is 142 g/mol. The molecule has 0 aromatic heterocycles. The van der Waals surface area contributed by atoms with Crippen LogP contribution in [0.3, 0.4) is 0 Å². The predicted molar refractivity (Wildman–Crippen MR) is 34.9 cm³/mol. The molecule has 56 valence electrons. The van der Waals surface area contributed by atoms with Gasteiger partial charge in [-0.3, -0.25) is 9.59 Å². The second-order valence-corrected chi connectivity index (χ2v) is 2.58. The van der Waals surface area contributed by atoms with Crippen LogP contribution in [0, 0.1) is 5.92 Å². The second kappa shape index (κ2) is 2.28. The minimum atomic E-state index is -0.377. The predicted octanol–water partition coefficient (Wildman–Crippen LogP) is -1.05. The highest BCUT2D eigenvalue weighted by molar-refractivity contribution is 5.88. The van der Waals surface area contributed by atoms with Crippen molar-refractivity contribution in [2.45, 2.75) is 6.42 Å². The van der Waals surface area contributed by atoms with Crippen LogP contribution in [0.1, 0.15) is 6.42 Å². The Labute approximate surface area is 59.0 Å². The average Bonchev–Trinajstić information content (AvgIpc) is 2.13. The highest BCUT2D eigenvalue weighted by Crippen LogP contribution is 2.14. The molecular weight excluding hydrogens is 132 g/mol. The zero-order valence-electron chi connectivity index (χ0n) is 5.83. The summed E-state index contributed by atoms with van der Waals surface area (Å²) in [6.45, 7) is 0.480. The normalized spacial score (nSPS) is 25.5. The van der Waals surface area contributed by atoms with Gasteiger partial charge < -0.3 is 10.6 Å². The van der Waals surface area contributed by atoms with Crippen LogP contribution in [0.5, 0.6) is 0 Å². The molecule has 1 aliphatic rings. The molecule has 4 heteroatoms. The minimum Gasteiger partial charge on any atom is -0.369 e. The lowest BCUT2D eigenvalue weighted by molar-refractivity contribution is -0.127.